The van der Waals surface area contributed by atoms with Gasteiger partial charge in [0.25, 0.3) is 0 Å². The van der Waals surface area contributed by atoms with Crippen molar-refractivity contribution in [1.82, 2.24) is 0 Å². The average Bonchev–Trinajstić information content (AvgIpc) is 2.22. The van der Waals surface area contributed by atoms with Gasteiger partial charge in [0.15, 0.2) is 5.78 Å². The summed E-state index contributed by atoms with van der Waals surface area (Å²) in [4.78, 5) is 12.0. The van der Waals surface area contributed by atoms with Gasteiger partial charge in [-0.3, -0.25) is 4.79 Å². The minimum absolute atomic E-state index is 0.00148. The number of fused-ring (bicyclic) bond motifs is 1. The van der Waals surface area contributed by atoms with E-state index in [9.17, 15) is 9.90 Å². The fourth-order valence-electron chi connectivity index (χ4n) is 3.66. The van der Waals surface area contributed by atoms with Gasteiger partial charge in [0, 0.05) is 5.41 Å². The van der Waals surface area contributed by atoms with Crippen molar-refractivity contribution in [3.8, 4) is 0 Å². The van der Waals surface area contributed by atoms with Crippen LogP contribution < -0.4 is 0 Å². The van der Waals surface area contributed by atoms with Gasteiger partial charge in [-0.1, -0.05) is 32.8 Å². The van der Waals surface area contributed by atoms with Gasteiger partial charge >= 0.3 is 0 Å². The molecule has 0 amide bonds. The molecular formula is C15H22O2. The quantitative estimate of drug-likeness (QED) is 0.757. The Morgan fingerprint density at radius 1 is 1.29 bits per heavy atom. The van der Waals surface area contributed by atoms with Crippen molar-refractivity contribution in [3.63, 3.8) is 0 Å². The highest BCUT2D eigenvalue weighted by molar-refractivity contribution is 6.06. The van der Waals surface area contributed by atoms with Crippen LogP contribution in [0, 0.1) is 10.8 Å². The number of hydrogen-bond acceptors (Lipinski definition) is 2. The second kappa shape index (κ2) is 3.81. The van der Waals surface area contributed by atoms with E-state index in [2.05, 4.69) is 20.8 Å². The summed E-state index contributed by atoms with van der Waals surface area (Å²) >= 11 is 0. The van der Waals surface area contributed by atoms with Crippen molar-refractivity contribution in [3.05, 3.63) is 22.8 Å². The highest BCUT2D eigenvalue weighted by atomic mass is 16.3. The third-order valence-electron chi connectivity index (χ3n) is 4.72. The van der Waals surface area contributed by atoms with E-state index in [4.69, 9.17) is 0 Å². The van der Waals surface area contributed by atoms with Crippen molar-refractivity contribution in [2.75, 3.05) is 6.61 Å². The van der Waals surface area contributed by atoms with Gasteiger partial charge in [0.05, 0.1) is 6.61 Å². The summed E-state index contributed by atoms with van der Waals surface area (Å²) in [5, 5.41) is 9.62. The molecule has 0 aromatic carbocycles. The molecule has 1 atom stereocenters. The maximum absolute atomic E-state index is 12.0. The molecule has 0 radical (unpaired) electrons. The molecule has 94 valence electrons. The maximum atomic E-state index is 12.0. The van der Waals surface area contributed by atoms with Crippen LogP contribution in [0.3, 0.4) is 0 Å². The van der Waals surface area contributed by atoms with Crippen LogP contribution >= 0.6 is 0 Å². The van der Waals surface area contributed by atoms with E-state index in [1.807, 2.05) is 13.0 Å². The van der Waals surface area contributed by atoms with Gasteiger partial charge in [0.1, 0.15) is 0 Å². The monoisotopic (exact) mass is 234 g/mol. The molecule has 0 saturated heterocycles. The fraction of sp³-hybridized carbons (Fsp3) is 0.667. The van der Waals surface area contributed by atoms with E-state index in [-0.39, 0.29) is 23.2 Å². The molecular weight excluding hydrogens is 212 g/mol. The SMILES string of the molecule is CC1=C(CO)[C@@]2(C)CCCC(C)(C)C2=CC1=O. The predicted molar refractivity (Wildman–Crippen MR) is 68.6 cm³/mol. The lowest BCUT2D eigenvalue weighted by molar-refractivity contribution is -0.112. The van der Waals surface area contributed by atoms with E-state index in [1.165, 1.54) is 5.57 Å². The second-order valence-electron chi connectivity index (χ2n) is 6.25. The first-order valence-electron chi connectivity index (χ1n) is 6.41. The van der Waals surface area contributed by atoms with Crippen LogP contribution in [0.5, 0.6) is 0 Å². The summed E-state index contributed by atoms with van der Waals surface area (Å²) in [6, 6.07) is 0. The molecule has 2 aliphatic carbocycles. The lowest BCUT2D eigenvalue weighted by atomic mass is 9.55. The van der Waals surface area contributed by atoms with Crippen molar-refractivity contribution in [2.24, 2.45) is 10.8 Å². The van der Waals surface area contributed by atoms with Crippen LogP contribution in [-0.4, -0.2) is 17.5 Å². The van der Waals surface area contributed by atoms with E-state index >= 15 is 0 Å². The van der Waals surface area contributed by atoms with E-state index < -0.39 is 0 Å². The molecule has 0 aliphatic heterocycles. The normalized spacial score (nSPS) is 32.3. The summed E-state index contributed by atoms with van der Waals surface area (Å²) in [6.45, 7) is 8.44. The topological polar surface area (TPSA) is 37.3 Å². The molecule has 0 aromatic rings. The number of carbonyl (C=O) groups excluding carboxylic acids is 1. The Hall–Kier alpha value is -0.890. The largest absolute Gasteiger partial charge is 0.392 e. The molecule has 2 aliphatic rings. The van der Waals surface area contributed by atoms with E-state index in [1.54, 1.807) is 0 Å². The summed E-state index contributed by atoms with van der Waals surface area (Å²) in [5.41, 5.74) is 2.87. The number of rotatable bonds is 1. The summed E-state index contributed by atoms with van der Waals surface area (Å²) < 4.78 is 0. The fourth-order valence-corrected chi connectivity index (χ4v) is 3.66. The lowest BCUT2D eigenvalue weighted by Crippen LogP contribution is -2.40. The maximum Gasteiger partial charge on any atom is 0.181 e. The number of carbonyl (C=O) groups is 1. The van der Waals surface area contributed by atoms with E-state index in [0.717, 1.165) is 30.4 Å². The lowest BCUT2D eigenvalue weighted by Gasteiger charge is -2.49. The first-order chi connectivity index (χ1) is 7.83. The van der Waals surface area contributed by atoms with Crippen molar-refractivity contribution in [2.45, 2.75) is 47.0 Å². The van der Waals surface area contributed by atoms with Crippen molar-refractivity contribution < 1.29 is 9.90 Å². The molecule has 17 heavy (non-hydrogen) atoms. The van der Waals surface area contributed by atoms with Gasteiger partial charge in [0.2, 0.25) is 0 Å². The van der Waals surface area contributed by atoms with Crippen LogP contribution in [0.4, 0.5) is 0 Å². The van der Waals surface area contributed by atoms with Gasteiger partial charge in [-0.2, -0.15) is 0 Å². The molecule has 2 rings (SSSR count). The summed E-state index contributed by atoms with van der Waals surface area (Å²) in [7, 11) is 0. The molecule has 0 bridgehead atoms. The average molecular weight is 234 g/mol. The number of allylic oxidation sites excluding steroid dienone is 3. The molecule has 1 N–H and O–H groups in total. The van der Waals surface area contributed by atoms with Gasteiger partial charge < -0.3 is 5.11 Å². The van der Waals surface area contributed by atoms with Gasteiger partial charge in [-0.05, 0) is 42.4 Å². The third kappa shape index (κ3) is 1.70. The molecule has 0 unspecified atom stereocenters. The minimum Gasteiger partial charge on any atom is -0.392 e. The Morgan fingerprint density at radius 3 is 2.53 bits per heavy atom. The summed E-state index contributed by atoms with van der Waals surface area (Å²) in [5.74, 6) is 0.0801. The van der Waals surface area contributed by atoms with Crippen LogP contribution in [0.2, 0.25) is 0 Å². The number of aliphatic hydroxyl groups is 1. The van der Waals surface area contributed by atoms with E-state index in [0.29, 0.717) is 0 Å². The predicted octanol–water partition coefficient (Wildman–Crippen LogP) is 3.02. The van der Waals surface area contributed by atoms with Crippen LogP contribution in [0.1, 0.15) is 47.0 Å². The minimum atomic E-state index is -0.103. The third-order valence-corrected chi connectivity index (χ3v) is 4.72. The van der Waals surface area contributed by atoms with Crippen LogP contribution in [0.15, 0.2) is 22.8 Å². The Morgan fingerprint density at radius 2 is 1.94 bits per heavy atom. The number of hydrogen-bond donors (Lipinski definition) is 1. The molecule has 2 nitrogen and oxygen atoms in total. The van der Waals surface area contributed by atoms with Crippen molar-refractivity contribution >= 4 is 5.78 Å². The van der Waals surface area contributed by atoms with Crippen LogP contribution in [-0.2, 0) is 4.79 Å². The van der Waals surface area contributed by atoms with Crippen molar-refractivity contribution in [1.29, 1.82) is 0 Å². The Balaban J connectivity index is 2.59. The molecule has 0 aromatic heterocycles. The molecule has 1 saturated carbocycles. The molecule has 0 heterocycles. The Kier molecular flexibility index (Phi) is 2.81. The Labute approximate surface area is 103 Å². The number of ketones is 1. The summed E-state index contributed by atoms with van der Waals surface area (Å²) in [6.07, 6.45) is 5.15. The zero-order valence-electron chi connectivity index (χ0n) is 11.3. The molecule has 0 spiro atoms. The standard InChI is InChI=1S/C15H22O2/c1-10-11(9-16)15(4)7-5-6-14(2,3)13(15)8-12(10)17/h8,16H,5-7,9H2,1-4H3/t15-/m1/s1. The van der Waals surface area contributed by atoms with Gasteiger partial charge in [-0.25, -0.2) is 0 Å². The first kappa shape index (κ1) is 12.6. The zero-order valence-corrected chi connectivity index (χ0v) is 11.3. The zero-order chi connectivity index (χ0) is 12.8. The van der Waals surface area contributed by atoms with Gasteiger partial charge in [-0.15, -0.1) is 0 Å². The van der Waals surface area contributed by atoms with Crippen LogP contribution in [0.25, 0.3) is 0 Å². The second-order valence-corrected chi connectivity index (χ2v) is 6.25. The smallest absolute Gasteiger partial charge is 0.181 e. The molecule has 1 fully saturated rings. The Bertz CT molecular complexity index is 426. The highest BCUT2D eigenvalue weighted by Gasteiger charge is 2.46. The number of aliphatic hydroxyl groups excluding tert-OH is 1. The highest BCUT2D eigenvalue weighted by Crippen LogP contribution is 2.56. The first-order valence-corrected chi connectivity index (χ1v) is 6.41. The molecule has 2 heteroatoms.